The zero-order chi connectivity index (χ0) is 10.5. The summed E-state index contributed by atoms with van der Waals surface area (Å²) in [6, 6.07) is 5.09. The summed E-state index contributed by atoms with van der Waals surface area (Å²) in [4.78, 5) is 0. The van der Waals surface area contributed by atoms with Crippen LogP contribution in [0.25, 0.3) is 0 Å². The van der Waals surface area contributed by atoms with Crippen molar-refractivity contribution in [3.05, 3.63) is 24.0 Å². The number of hydrogen-bond acceptors (Lipinski definition) is 2. The van der Waals surface area contributed by atoms with Crippen molar-refractivity contribution in [3.63, 3.8) is 0 Å². The van der Waals surface area contributed by atoms with Gasteiger partial charge in [-0.1, -0.05) is 0 Å². The minimum absolute atomic E-state index is 0.647. The Morgan fingerprint density at radius 3 is 3.13 bits per heavy atom. The lowest BCUT2D eigenvalue weighted by atomic mass is 10.3. The number of aryl methyl sites for hydroxylation is 1. The lowest BCUT2D eigenvalue weighted by Crippen LogP contribution is -2.14. The highest BCUT2D eigenvalue weighted by Crippen LogP contribution is 2.19. The molecule has 3 nitrogen and oxygen atoms in total. The van der Waals surface area contributed by atoms with Crippen LogP contribution in [0.1, 0.15) is 31.2 Å². The minimum atomic E-state index is 0.647. The van der Waals surface area contributed by atoms with Gasteiger partial charge in [0.25, 0.3) is 0 Å². The zero-order valence-corrected chi connectivity index (χ0v) is 8.95. The largest absolute Gasteiger partial charge is 0.354 e. The Labute approximate surface area is 90.7 Å². The quantitative estimate of drug-likeness (QED) is 0.719. The van der Waals surface area contributed by atoms with Gasteiger partial charge in [0.15, 0.2) is 0 Å². The Morgan fingerprint density at radius 1 is 1.53 bits per heavy atom. The molecule has 0 amide bonds. The maximum atomic E-state index is 8.43. The van der Waals surface area contributed by atoms with Gasteiger partial charge >= 0.3 is 0 Å². The summed E-state index contributed by atoms with van der Waals surface area (Å²) < 4.78 is 2.17. The van der Waals surface area contributed by atoms with Gasteiger partial charge in [0.1, 0.15) is 0 Å². The highest BCUT2D eigenvalue weighted by molar-refractivity contribution is 5.10. The van der Waals surface area contributed by atoms with E-state index >= 15 is 0 Å². The maximum absolute atomic E-state index is 8.43. The van der Waals surface area contributed by atoms with E-state index in [9.17, 15) is 0 Å². The fourth-order valence-electron chi connectivity index (χ4n) is 1.62. The lowest BCUT2D eigenvalue weighted by molar-refractivity contribution is 0.648. The SMILES string of the molecule is N#CCCCn1ccc(CNC2CC2)c1. The predicted octanol–water partition coefficient (Wildman–Crippen LogP) is 2.04. The van der Waals surface area contributed by atoms with E-state index in [4.69, 9.17) is 5.26 Å². The lowest BCUT2D eigenvalue weighted by Gasteiger charge is -2.00. The van der Waals surface area contributed by atoms with E-state index in [0.29, 0.717) is 6.42 Å². The highest BCUT2D eigenvalue weighted by Gasteiger charge is 2.19. The van der Waals surface area contributed by atoms with Crippen molar-refractivity contribution in [2.45, 2.75) is 44.8 Å². The molecule has 1 aliphatic carbocycles. The topological polar surface area (TPSA) is 40.8 Å². The van der Waals surface area contributed by atoms with Crippen molar-refractivity contribution in [1.29, 1.82) is 5.26 Å². The third kappa shape index (κ3) is 3.41. The molecule has 0 atom stereocenters. The average Bonchev–Trinajstić information content (AvgIpc) is 2.97. The number of unbranched alkanes of at least 4 members (excludes halogenated alkanes) is 1. The van der Waals surface area contributed by atoms with Crippen molar-refractivity contribution in [2.24, 2.45) is 0 Å². The van der Waals surface area contributed by atoms with Crippen LogP contribution in [0.3, 0.4) is 0 Å². The van der Waals surface area contributed by atoms with Gasteiger partial charge in [-0.2, -0.15) is 5.26 Å². The van der Waals surface area contributed by atoms with Crippen LogP contribution < -0.4 is 5.32 Å². The van der Waals surface area contributed by atoms with Gasteiger partial charge in [-0.25, -0.2) is 0 Å². The smallest absolute Gasteiger partial charge is 0.0622 e. The van der Waals surface area contributed by atoms with Crippen molar-refractivity contribution in [3.8, 4) is 6.07 Å². The van der Waals surface area contributed by atoms with Crippen LogP contribution in [-0.4, -0.2) is 10.6 Å². The molecule has 1 N–H and O–H groups in total. The van der Waals surface area contributed by atoms with Crippen LogP contribution in [0.15, 0.2) is 18.5 Å². The van der Waals surface area contributed by atoms with Gasteiger partial charge in [-0.3, -0.25) is 0 Å². The van der Waals surface area contributed by atoms with Crippen LogP contribution in [-0.2, 0) is 13.1 Å². The van der Waals surface area contributed by atoms with Crippen LogP contribution in [0.5, 0.6) is 0 Å². The minimum Gasteiger partial charge on any atom is -0.354 e. The van der Waals surface area contributed by atoms with Crippen molar-refractivity contribution in [1.82, 2.24) is 9.88 Å². The Bertz CT molecular complexity index is 344. The molecule has 0 aromatic carbocycles. The summed E-state index contributed by atoms with van der Waals surface area (Å²) >= 11 is 0. The van der Waals surface area contributed by atoms with Gasteiger partial charge in [0.05, 0.1) is 6.07 Å². The molecule has 15 heavy (non-hydrogen) atoms. The molecule has 1 heterocycles. The molecule has 0 aliphatic heterocycles. The molecule has 0 unspecified atom stereocenters. The van der Waals surface area contributed by atoms with Crippen LogP contribution in [0.2, 0.25) is 0 Å². The Balaban J connectivity index is 1.73. The van der Waals surface area contributed by atoms with Gasteiger partial charge in [-0.15, -0.1) is 0 Å². The first-order valence-electron chi connectivity index (χ1n) is 5.63. The third-order valence-electron chi connectivity index (χ3n) is 2.69. The molecule has 0 saturated heterocycles. The molecule has 1 fully saturated rings. The standard InChI is InChI=1S/C12H17N3/c13-6-1-2-7-15-8-5-11(10-15)9-14-12-3-4-12/h5,8,10,12,14H,1-4,7,9H2. The van der Waals surface area contributed by atoms with E-state index in [0.717, 1.165) is 25.6 Å². The van der Waals surface area contributed by atoms with Crippen LogP contribution >= 0.6 is 0 Å². The molecule has 1 aliphatic rings. The fourth-order valence-corrected chi connectivity index (χ4v) is 1.62. The zero-order valence-electron chi connectivity index (χ0n) is 8.95. The van der Waals surface area contributed by atoms with Gasteiger partial charge in [0, 0.05) is 37.9 Å². The molecular formula is C12H17N3. The third-order valence-corrected chi connectivity index (χ3v) is 2.69. The van der Waals surface area contributed by atoms with Crippen molar-refractivity contribution in [2.75, 3.05) is 0 Å². The van der Waals surface area contributed by atoms with E-state index in [2.05, 4.69) is 34.4 Å². The first-order chi connectivity index (χ1) is 7.38. The molecule has 1 aromatic rings. The number of nitriles is 1. The molecule has 1 aromatic heterocycles. The summed E-state index contributed by atoms with van der Waals surface area (Å²) in [6.45, 7) is 1.94. The number of hydrogen-bond donors (Lipinski definition) is 1. The highest BCUT2D eigenvalue weighted by atomic mass is 15.0. The monoisotopic (exact) mass is 203 g/mol. The first kappa shape index (κ1) is 10.3. The van der Waals surface area contributed by atoms with Crippen molar-refractivity contribution < 1.29 is 0 Å². The van der Waals surface area contributed by atoms with Crippen LogP contribution in [0, 0.1) is 11.3 Å². The molecule has 80 valence electrons. The van der Waals surface area contributed by atoms with Gasteiger partial charge < -0.3 is 9.88 Å². The fraction of sp³-hybridized carbons (Fsp3) is 0.583. The first-order valence-corrected chi connectivity index (χ1v) is 5.63. The van der Waals surface area contributed by atoms with E-state index < -0.39 is 0 Å². The molecular weight excluding hydrogens is 186 g/mol. The van der Waals surface area contributed by atoms with Gasteiger partial charge in [0.2, 0.25) is 0 Å². The Kier molecular flexibility index (Phi) is 3.41. The number of nitrogens with zero attached hydrogens (tertiary/aromatic N) is 2. The average molecular weight is 203 g/mol. The summed E-state index contributed by atoms with van der Waals surface area (Å²) in [5.74, 6) is 0. The summed E-state index contributed by atoms with van der Waals surface area (Å²) in [5.41, 5.74) is 1.35. The van der Waals surface area contributed by atoms with E-state index in [-0.39, 0.29) is 0 Å². The number of aromatic nitrogens is 1. The van der Waals surface area contributed by atoms with E-state index in [1.165, 1.54) is 18.4 Å². The molecule has 1 saturated carbocycles. The van der Waals surface area contributed by atoms with Gasteiger partial charge in [-0.05, 0) is 30.9 Å². The number of nitrogens with one attached hydrogen (secondary N) is 1. The van der Waals surface area contributed by atoms with E-state index in [1.807, 2.05) is 0 Å². The van der Waals surface area contributed by atoms with Crippen molar-refractivity contribution >= 4 is 0 Å². The summed E-state index contributed by atoms with van der Waals surface area (Å²) in [6.07, 6.45) is 8.54. The maximum Gasteiger partial charge on any atom is 0.0622 e. The second-order valence-corrected chi connectivity index (χ2v) is 4.17. The Hall–Kier alpha value is -1.27. The predicted molar refractivity (Wildman–Crippen MR) is 59.1 cm³/mol. The normalized spacial score (nSPS) is 15.1. The molecule has 2 rings (SSSR count). The second-order valence-electron chi connectivity index (χ2n) is 4.17. The molecule has 0 spiro atoms. The van der Waals surface area contributed by atoms with Crippen LogP contribution in [0.4, 0.5) is 0 Å². The van der Waals surface area contributed by atoms with E-state index in [1.54, 1.807) is 0 Å². The molecule has 0 radical (unpaired) electrons. The Morgan fingerprint density at radius 2 is 2.40 bits per heavy atom. The molecule has 0 bridgehead atoms. The molecule has 3 heteroatoms. The second kappa shape index (κ2) is 4.99. The number of rotatable bonds is 6. The summed E-state index contributed by atoms with van der Waals surface area (Å²) in [7, 11) is 0. The summed E-state index contributed by atoms with van der Waals surface area (Å²) in [5, 5.41) is 11.9.